The van der Waals surface area contributed by atoms with Crippen LogP contribution in [0.5, 0.6) is 0 Å². The van der Waals surface area contributed by atoms with E-state index in [0.717, 1.165) is 25.1 Å². The molecule has 2 heterocycles. The van der Waals surface area contributed by atoms with Crippen LogP contribution in [0.3, 0.4) is 0 Å². The van der Waals surface area contributed by atoms with Crippen molar-refractivity contribution in [3.8, 4) is 0 Å². The van der Waals surface area contributed by atoms with Crippen LogP contribution in [0.2, 0.25) is 0 Å². The summed E-state index contributed by atoms with van der Waals surface area (Å²) in [5.74, 6) is 1.11. The first-order chi connectivity index (χ1) is 9.15. The maximum absolute atomic E-state index is 12.3. The van der Waals surface area contributed by atoms with E-state index in [2.05, 4.69) is 15.2 Å². The van der Waals surface area contributed by atoms with E-state index in [9.17, 15) is 9.59 Å². The Hall–Kier alpha value is -1.92. The molecule has 3 rings (SSSR count). The minimum atomic E-state index is -0.258. The van der Waals surface area contributed by atoms with E-state index in [4.69, 9.17) is 0 Å². The molecule has 0 bridgehead atoms. The van der Waals surface area contributed by atoms with Gasteiger partial charge in [0.25, 0.3) is 5.91 Å². The van der Waals surface area contributed by atoms with Gasteiger partial charge in [-0.15, -0.1) is 5.10 Å². The van der Waals surface area contributed by atoms with Gasteiger partial charge < -0.3 is 9.80 Å². The van der Waals surface area contributed by atoms with E-state index in [0.29, 0.717) is 19.0 Å². The highest BCUT2D eigenvalue weighted by molar-refractivity contribution is 5.93. The van der Waals surface area contributed by atoms with Crippen molar-refractivity contribution in [2.75, 3.05) is 26.7 Å². The van der Waals surface area contributed by atoms with Crippen LogP contribution in [0.15, 0.2) is 0 Å². The molecule has 7 nitrogen and oxygen atoms in total. The fourth-order valence-corrected chi connectivity index (χ4v) is 2.21. The standard InChI is InChI=1S/C12H17N5O2/c1-16-5-2-6-17(7-9(16)18)12(19)11-13-10(14-15-11)8-3-4-8/h8H,2-7H2,1H3,(H,13,14,15). The number of nitrogens with zero attached hydrogens (tertiary/aromatic N) is 4. The van der Waals surface area contributed by atoms with E-state index in [-0.39, 0.29) is 24.2 Å². The van der Waals surface area contributed by atoms with E-state index in [1.165, 1.54) is 4.90 Å². The van der Waals surface area contributed by atoms with E-state index >= 15 is 0 Å². The number of nitrogens with one attached hydrogen (secondary N) is 1. The molecule has 0 atom stereocenters. The van der Waals surface area contributed by atoms with Crippen LogP contribution >= 0.6 is 0 Å². The van der Waals surface area contributed by atoms with Crippen molar-refractivity contribution in [3.05, 3.63) is 11.6 Å². The van der Waals surface area contributed by atoms with Gasteiger partial charge in [0.1, 0.15) is 12.4 Å². The Kier molecular flexibility index (Phi) is 2.96. The molecule has 0 aromatic carbocycles. The molecule has 0 spiro atoms. The lowest BCUT2D eigenvalue weighted by Crippen LogP contribution is -2.38. The van der Waals surface area contributed by atoms with Crippen molar-refractivity contribution >= 4 is 11.8 Å². The second-order valence-corrected chi connectivity index (χ2v) is 5.21. The predicted molar refractivity (Wildman–Crippen MR) is 66.5 cm³/mol. The van der Waals surface area contributed by atoms with Crippen LogP contribution in [-0.4, -0.2) is 63.5 Å². The minimum absolute atomic E-state index is 0.0381. The van der Waals surface area contributed by atoms with Crippen LogP contribution in [-0.2, 0) is 4.79 Å². The molecule has 2 fully saturated rings. The van der Waals surface area contributed by atoms with Gasteiger partial charge in [0, 0.05) is 26.1 Å². The Balaban J connectivity index is 1.72. The number of aromatic amines is 1. The summed E-state index contributed by atoms with van der Waals surface area (Å²) in [6.45, 7) is 1.37. The van der Waals surface area contributed by atoms with Gasteiger partial charge in [0.05, 0.1) is 0 Å². The van der Waals surface area contributed by atoms with Crippen molar-refractivity contribution in [3.63, 3.8) is 0 Å². The molecule has 2 amide bonds. The molecule has 102 valence electrons. The zero-order valence-electron chi connectivity index (χ0n) is 10.9. The Labute approximate surface area is 111 Å². The number of amides is 2. The molecule has 1 saturated carbocycles. The Morgan fingerprint density at radius 1 is 1.37 bits per heavy atom. The molecule has 1 aromatic heterocycles. The summed E-state index contributed by atoms with van der Waals surface area (Å²) in [5, 5.41) is 6.79. The lowest BCUT2D eigenvalue weighted by Gasteiger charge is -2.17. The number of hydrogen-bond acceptors (Lipinski definition) is 4. The maximum atomic E-state index is 12.3. The van der Waals surface area contributed by atoms with Gasteiger partial charge in [0.2, 0.25) is 11.7 Å². The average Bonchev–Trinajstić information content (AvgIpc) is 3.16. The smallest absolute Gasteiger partial charge is 0.293 e. The second kappa shape index (κ2) is 4.64. The number of carbonyl (C=O) groups excluding carboxylic acids is 2. The highest BCUT2D eigenvalue weighted by Crippen LogP contribution is 2.37. The van der Waals surface area contributed by atoms with Crippen molar-refractivity contribution in [1.29, 1.82) is 0 Å². The average molecular weight is 263 g/mol. The predicted octanol–water partition coefficient (Wildman–Crippen LogP) is -0.0136. The summed E-state index contributed by atoms with van der Waals surface area (Å²) in [7, 11) is 1.76. The number of rotatable bonds is 2. The molecule has 1 N–H and O–H groups in total. The minimum Gasteiger partial charge on any atom is -0.344 e. The van der Waals surface area contributed by atoms with Crippen LogP contribution in [0, 0.1) is 0 Å². The number of likely N-dealkylation sites (N-methyl/N-ethyl adjacent to an activating group) is 1. The highest BCUT2D eigenvalue weighted by Gasteiger charge is 2.30. The summed E-state index contributed by atoms with van der Waals surface area (Å²) in [6.07, 6.45) is 3.00. The zero-order chi connectivity index (χ0) is 13.4. The fraction of sp³-hybridized carbons (Fsp3) is 0.667. The van der Waals surface area contributed by atoms with Gasteiger partial charge in [0.15, 0.2) is 0 Å². The van der Waals surface area contributed by atoms with Crippen LogP contribution in [0.25, 0.3) is 0 Å². The molecule has 1 saturated heterocycles. The maximum Gasteiger partial charge on any atom is 0.293 e. The lowest BCUT2D eigenvalue weighted by molar-refractivity contribution is -0.129. The molecule has 0 unspecified atom stereocenters. The van der Waals surface area contributed by atoms with Crippen molar-refractivity contribution in [2.24, 2.45) is 0 Å². The number of H-pyrrole nitrogens is 1. The van der Waals surface area contributed by atoms with E-state index in [1.807, 2.05) is 0 Å². The van der Waals surface area contributed by atoms with Gasteiger partial charge in [-0.3, -0.25) is 14.7 Å². The lowest BCUT2D eigenvalue weighted by atomic mass is 10.3. The van der Waals surface area contributed by atoms with Gasteiger partial charge in [-0.1, -0.05) is 0 Å². The largest absolute Gasteiger partial charge is 0.344 e. The number of carbonyl (C=O) groups is 2. The van der Waals surface area contributed by atoms with Crippen molar-refractivity contribution in [1.82, 2.24) is 25.0 Å². The van der Waals surface area contributed by atoms with Gasteiger partial charge in [-0.2, -0.15) is 0 Å². The monoisotopic (exact) mass is 263 g/mol. The SMILES string of the molecule is CN1CCCN(C(=O)c2n[nH]c(C3CC3)n2)CC1=O. The first kappa shape index (κ1) is 12.1. The third kappa shape index (κ3) is 2.45. The van der Waals surface area contributed by atoms with Gasteiger partial charge in [-0.25, -0.2) is 4.98 Å². The second-order valence-electron chi connectivity index (χ2n) is 5.21. The molecular formula is C12H17N5O2. The molecular weight excluding hydrogens is 246 g/mol. The normalized spacial score (nSPS) is 20.6. The third-order valence-corrected chi connectivity index (χ3v) is 3.62. The van der Waals surface area contributed by atoms with E-state index < -0.39 is 0 Å². The Morgan fingerprint density at radius 2 is 2.16 bits per heavy atom. The molecule has 1 aliphatic heterocycles. The van der Waals surface area contributed by atoms with Crippen LogP contribution < -0.4 is 0 Å². The fourth-order valence-electron chi connectivity index (χ4n) is 2.21. The molecule has 1 aromatic rings. The summed E-state index contributed by atoms with van der Waals surface area (Å²) in [4.78, 5) is 31.5. The van der Waals surface area contributed by atoms with Gasteiger partial charge in [-0.05, 0) is 19.3 Å². The van der Waals surface area contributed by atoms with Crippen LogP contribution in [0.4, 0.5) is 0 Å². The molecule has 19 heavy (non-hydrogen) atoms. The Bertz CT molecular complexity index is 508. The Morgan fingerprint density at radius 3 is 2.89 bits per heavy atom. The molecule has 2 aliphatic rings. The van der Waals surface area contributed by atoms with Gasteiger partial charge >= 0.3 is 0 Å². The summed E-state index contributed by atoms with van der Waals surface area (Å²) >= 11 is 0. The first-order valence-corrected chi connectivity index (χ1v) is 6.60. The summed E-state index contributed by atoms with van der Waals surface area (Å²) in [6, 6.07) is 0. The highest BCUT2D eigenvalue weighted by atomic mass is 16.2. The van der Waals surface area contributed by atoms with Crippen molar-refractivity contribution < 1.29 is 9.59 Å². The topological polar surface area (TPSA) is 82.2 Å². The summed E-state index contributed by atoms with van der Waals surface area (Å²) in [5.41, 5.74) is 0. The zero-order valence-corrected chi connectivity index (χ0v) is 10.9. The van der Waals surface area contributed by atoms with Crippen molar-refractivity contribution in [2.45, 2.75) is 25.2 Å². The molecule has 0 radical (unpaired) electrons. The van der Waals surface area contributed by atoms with E-state index in [1.54, 1.807) is 11.9 Å². The first-order valence-electron chi connectivity index (χ1n) is 6.60. The number of aromatic nitrogens is 3. The van der Waals surface area contributed by atoms with Crippen LogP contribution in [0.1, 0.15) is 41.6 Å². The third-order valence-electron chi connectivity index (χ3n) is 3.62. The summed E-state index contributed by atoms with van der Waals surface area (Å²) < 4.78 is 0. The quantitative estimate of drug-likeness (QED) is 0.813. The molecule has 1 aliphatic carbocycles. The number of hydrogen-bond donors (Lipinski definition) is 1. The molecule has 7 heteroatoms.